The van der Waals surface area contributed by atoms with Crippen molar-refractivity contribution in [2.45, 2.75) is 36.6 Å². The second-order valence-corrected chi connectivity index (χ2v) is 8.05. The number of fused-ring (bicyclic) bond motifs is 2. The molecule has 1 N–H and O–H groups in total. The highest BCUT2D eigenvalue weighted by molar-refractivity contribution is 8.01. The predicted molar refractivity (Wildman–Crippen MR) is 111 cm³/mol. The van der Waals surface area contributed by atoms with Crippen molar-refractivity contribution in [3.8, 4) is 0 Å². The molecule has 0 radical (unpaired) electrons. The summed E-state index contributed by atoms with van der Waals surface area (Å²) in [4.78, 5) is 32.5. The molecule has 2 heterocycles. The van der Waals surface area contributed by atoms with Gasteiger partial charge in [-0.25, -0.2) is 4.98 Å². The first-order valence-corrected chi connectivity index (χ1v) is 10.2. The number of imidazole rings is 1. The third-order valence-corrected chi connectivity index (χ3v) is 6.20. The molecule has 144 valence electrons. The number of hydrogen-bond acceptors (Lipinski definition) is 4. The van der Waals surface area contributed by atoms with Gasteiger partial charge in [0, 0.05) is 24.9 Å². The summed E-state index contributed by atoms with van der Waals surface area (Å²) >= 11 is 1.45. The third-order valence-electron chi connectivity index (χ3n) is 4.92. The first-order valence-electron chi connectivity index (χ1n) is 9.31. The van der Waals surface area contributed by atoms with Crippen LogP contribution in [-0.4, -0.2) is 38.6 Å². The average molecular weight is 395 g/mol. The van der Waals surface area contributed by atoms with Crippen LogP contribution < -0.4 is 5.32 Å². The summed E-state index contributed by atoms with van der Waals surface area (Å²) in [5.41, 5.74) is 2.81. The number of carbonyl (C=O) groups excluding carboxylic acids is 2. The minimum absolute atomic E-state index is 0.0678. The summed E-state index contributed by atoms with van der Waals surface area (Å²) in [5, 5.41) is 2.47. The van der Waals surface area contributed by atoms with Crippen molar-refractivity contribution in [3.05, 3.63) is 54.4 Å². The first kappa shape index (κ1) is 18.6. The van der Waals surface area contributed by atoms with Gasteiger partial charge in [-0.1, -0.05) is 24.3 Å². The van der Waals surface area contributed by atoms with Crippen molar-refractivity contribution in [2.75, 3.05) is 12.4 Å². The molecule has 2 amide bonds. The van der Waals surface area contributed by atoms with Crippen molar-refractivity contribution in [1.29, 1.82) is 0 Å². The second-order valence-electron chi connectivity index (χ2n) is 6.81. The summed E-state index contributed by atoms with van der Waals surface area (Å²) in [6, 6.07) is 15.6. The number of aryl methyl sites for hydroxylation is 1. The molecule has 0 saturated heterocycles. The molecule has 1 aromatic heterocycles. The molecule has 6 nitrogen and oxygen atoms in total. The van der Waals surface area contributed by atoms with Crippen LogP contribution in [0.15, 0.2) is 53.4 Å². The number of hydrogen-bond donors (Lipinski definition) is 1. The Kier molecular flexibility index (Phi) is 5.09. The monoisotopic (exact) mass is 394 g/mol. The van der Waals surface area contributed by atoms with Crippen LogP contribution >= 0.6 is 11.8 Å². The standard InChI is InChI=1S/C21H22N4O2S/c1-3-25-16-10-6-4-8-14(16)22-19(25)13-24(2)20(26)12-18-21(27)23-15-9-5-7-11-17(15)28-18/h4-11,18H,3,12-13H2,1-2H3,(H,23,27). The maximum absolute atomic E-state index is 12.8. The van der Waals surface area contributed by atoms with Crippen LogP contribution in [0.25, 0.3) is 11.0 Å². The lowest BCUT2D eigenvalue weighted by atomic mass is 10.2. The fraction of sp³-hybridized carbons (Fsp3) is 0.286. The fourth-order valence-corrected chi connectivity index (χ4v) is 4.54. The molecule has 0 bridgehead atoms. The minimum atomic E-state index is -0.421. The van der Waals surface area contributed by atoms with E-state index in [1.807, 2.05) is 48.5 Å². The van der Waals surface area contributed by atoms with E-state index < -0.39 is 5.25 Å². The summed E-state index contributed by atoms with van der Waals surface area (Å²) in [5.74, 6) is 0.665. The van der Waals surface area contributed by atoms with Crippen molar-refractivity contribution >= 4 is 40.3 Å². The molecule has 0 aliphatic carbocycles. The van der Waals surface area contributed by atoms with Crippen LogP contribution in [0, 0.1) is 0 Å². The minimum Gasteiger partial charge on any atom is -0.338 e. The van der Waals surface area contributed by atoms with Gasteiger partial charge in [0.2, 0.25) is 11.8 Å². The van der Waals surface area contributed by atoms with E-state index in [2.05, 4.69) is 21.8 Å². The van der Waals surface area contributed by atoms with E-state index in [4.69, 9.17) is 0 Å². The first-order chi connectivity index (χ1) is 13.6. The highest BCUT2D eigenvalue weighted by Crippen LogP contribution is 2.36. The smallest absolute Gasteiger partial charge is 0.238 e. The lowest BCUT2D eigenvalue weighted by Crippen LogP contribution is -2.36. The Bertz CT molecular complexity index is 1050. The largest absolute Gasteiger partial charge is 0.338 e. The average Bonchev–Trinajstić information content (AvgIpc) is 3.05. The maximum Gasteiger partial charge on any atom is 0.238 e. The van der Waals surface area contributed by atoms with Gasteiger partial charge >= 0.3 is 0 Å². The third kappa shape index (κ3) is 3.49. The molecule has 3 aromatic rings. The van der Waals surface area contributed by atoms with Crippen LogP contribution in [-0.2, 0) is 22.7 Å². The number of benzene rings is 2. The molecule has 2 aromatic carbocycles. The Hall–Kier alpha value is -2.80. The van der Waals surface area contributed by atoms with Gasteiger partial charge in [-0.3, -0.25) is 9.59 Å². The molecule has 0 spiro atoms. The number of anilines is 1. The van der Waals surface area contributed by atoms with Crippen molar-refractivity contribution < 1.29 is 9.59 Å². The number of nitrogens with zero attached hydrogens (tertiary/aromatic N) is 3. The van der Waals surface area contributed by atoms with Crippen LogP contribution in [0.4, 0.5) is 5.69 Å². The van der Waals surface area contributed by atoms with E-state index in [0.717, 1.165) is 34.0 Å². The lowest BCUT2D eigenvalue weighted by molar-refractivity contribution is -0.132. The predicted octanol–water partition coefficient (Wildman–Crippen LogP) is 3.52. The van der Waals surface area contributed by atoms with Gasteiger partial charge in [0.15, 0.2) is 0 Å². The summed E-state index contributed by atoms with van der Waals surface area (Å²) in [6.45, 7) is 3.27. The van der Waals surface area contributed by atoms with Gasteiger partial charge in [-0.15, -0.1) is 11.8 Å². The van der Waals surface area contributed by atoms with Crippen molar-refractivity contribution in [1.82, 2.24) is 14.5 Å². The Balaban J connectivity index is 1.47. The highest BCUT2D eigenvalue weighted by atomic mass is 32.2. The van der Waals surface area contributed by atoms with Crippen LogP contribution in [0.5, 0.6) is 0 Å². The van der Waals surface area contributed by atoms with E-state index in [1.165, 1.54) is 11.8 Å². The molecular weight excluding hydrogens is 372 g/mol. The second kappa shape index (κ2) is 7.67. The molecule has 1 aliphatic heterocycles. The molecule has 1 aliphatic rings. The van der Waals surface area contributed by atoms with Crippen LogP contribution in [0.2, 0.25) is 0 Å². The Labute approximate surface area is 167 Å². The topological polar surface area (TPSA) is 67.2 Å². The zero-order valence-corrected chi connectivity index (χ0v) is 16.7. The van der Waals surface area contributed by atoms with Crippen molar-refractivity contribution in [2.24, 2.45) is 0 Å². The van der Waals surface area contributed by atoms with Gasteiger partial charge < -0.3 is 14.8 Å². The molecule has 7 heteroatoms. The Morgan fingerprint density at radius 2 is 1.96 bits per heavy atom. The lowest BCUT2D eigenvalue weighted by Gasteiger charge is -2.25. The zero-order valence-electron chi connectivity index (χ0n) is 15.9. The Morgan fingerprint density at radius 1 is 1.21 bits per heavy atom. The number of para-hydroxylation sites is 3. The maximum atomic E-state index is 12.8. The number of thioether (sulfide) groups is 1. The van der Waals surface area contributed by atoms with Gasteiger partial charge in [-0.05, 0) is 31.2 Å². The van der Waals surface area contributed by atoms with Gasteiger partial charge in [0.25, 0.3) is 0 Å². The number of amides is 2. The molecule has 1 atom stereocenters. The van der Waals surface area contributed by atoms with E-state index in [1.54, 1.807) is 11.9 Å². The van der Waals surface area contributed by atoms with Gasteiger partial charge in [0.05, 0.1) is 28.5 Å². The summed E-state index contributed by atoms with van der Waals surface area (Å²) < 4.78 is 2.12. The molecular formula is C21H22N4O2S. The van der Waals surface area contributed by atoms with E-state index in [0.29, 0.717) is 6.54 Å². The molecule has 4 rings (SSSR count). The number of nitrogens with one attached hydrogen (secondary N) is 1. The molecule has 1 unspecified atom stereocenters. The number of aromatic nitrogens is 2. The zero-order chi connectivity index (χ0) is 19.7. The van der Waals surface area contributed by atoms with Crippen LogP contribution in [0.3, 0.4) is 0 Å². The van der Waals surface area contributed by atoms with E-state index in [-0.39, 0.29) is 18.2 Å². The SMILES string of the molecule is CCn1c(CN(C)C(=O)CC2Sc3ccccc3NC2=O)nc2ccccc21. The fourth-order valence-electron chi connectivity index (χ4n) is 3.44. The molecule has 28 heavy (non-hydrogen) atoms. The van der Waals surface area contributed by atoms with Crippen molar-refractivity contribution in [3.63, 3.8) is 0 Å². The summed E-state index contributed by atoms with van der Waals surface area (Å²) in [7, 11) is 1.76. The van der Waals surface area contributed by atoms with E-state index in [9.17, 15) is 9.59 Å². The molecule has 0 saturated carbocycles. The molecule has 0 fully saturated rings. The quantitative estimate of drug-likeness (QED) is 0.719. The highest BCUT2D eigenvalue weighted by Gasteiger charge is 2.30. The Morgan fingerprint density at radius 3 is 2.79 bits per heavy atom. The normalized spacial score (nSPS) is 15.9. The van der Waals surface area contributed by atoms with Crippen LogP contribution in [0.1, 0.15) is 19.2 Å². The number of carbonyl (C=O) groups is 2. The van der Waals surface area contributed by atoms with E-state index >= 15 is 0 Å². The summed E-state index contributed by atoms with van der Waals surface area (Å²) in [6.07, 6.45) is 0.160. The number of rotatable bonds is 5. The van der Waals surface area contributed by atoms with Gasteiger partial charge in [-0.2, -0.15) is 0 Å². The van der Waals surface area contributed by atoms with Gasteiger partial charge in [0.1, 0.15) is 5.82 Å².